The van der Waals surface area contributed by atoms with Crippen LogP contribution in [-0.2, 0) is 6.54 Å². The molecule has 0 radical (unpaired) electrons. The molecule has 0 bridgehead atoms. The second kappa shape index (κ2) is 6.98. The van der Waals surface area contributed by atoms with E-state index in [9.17, 15) is 0 Å². The number of nitrogens with one attached hydrogen (secondary N) is 1. The molecule has 2 aromatic rings. The quantitative estimate of drug-likeness (QED) is 0.672. The molecular weight excluding hydrogens is 272 g/mol. The Hall–Kier alpha value is -2.49. The van der Waals surface area contributed by atoms with Crippen LogP contribution in [0.1, 0.15) is 16.7 Å². The maximum atomic E-state index is 5.95. The Labute approximate surface area is 132 Å². The number of anilines is 2. The van der Waals surface area contributed by atoms with Crippen LogP contribution >= 0.6 is 0 Å². The van der Waals surface area contributed by atoms with Crippen molar-refractivity contribution in [3.05, 3.63) is 59.2 Å². The monoisotopic (exact) mass is 296 g/mol. The number of guanidine groups is 1. The maximum absolute atomic E-state index is 5.95. The van der Waals surface area contributed by atoms with Gasteiger partial charge in [-0.2, -0.15) is 0 Å². The zero-order valence-electron chi connectivity index (χ0n) is 13.7. The van der Waals surface area contributed by atoms with Gasteiger partial charge >= 0.3 is 0 Å². The van der Waals surface area contributed by atoms with E-state index in [1.54, 1.807) is 0 Å². The summed E-state index contributed by atoms with van der Waals surface area (Å²) in [6.07, 6.45) is 0. The average Bonchev–Trinajstić information content (AvgIpc) is 2.49. The smallest absolute Gasteiger partial charge is 0.193 e. The molecule has 0 spiro atoms. The average molecular weight is 296 g/mol. The summed E-state index contributed by atoms with van der Waals surface area (Å²) < 4.78 is 0. The molecule has 0 saturated heterocycles. The molecular formula is C18H24N4. The predicted octanol–water partition coefficient (Wildman–Crippen LogP) is 3.30. The van der Waals surface area contributed by atoms with Gasteiger partial charge in [0, 0.05) is 25.5 Å². The Morgan fingerprint density at radius 3 is 2.32 bits per heavy atom. The van der Waals surface area contributed by atoms with E-state index in [0.29, 0.717) is 12.5 Å². The molecule has 2 aromatic carbocycles. The minimum Gasteiger partial charge on any atom is -0.378 e. The van der Waals surface area contributed by atoms with Crippen LogP contribution in [0.4, 0.5) is 11.4 Å². The van der Waals surface area contributed by atoms with E-state index in [1.807, 2.05) is 20.2 Å². The third kappa shape index (κ3) is 4.25. The minimum atomic E-state index is 0.430. The SMILES string of the molecule is Cc1ccc(NC(N)=NCc2ccc(N(C)C)cc2)cc1C. The highest BCUT2D eigenvalue weighted by Gasteiger charge is 1.99. The molecule has 0 heterocycles. The van der Waals surface area contributed by atoms with Crippen molar-refractivity contribution in [2.45, 2.75) is 20.4 Å². The van der Waals surface area contributed by atoms with Crippen LogP contribution in [0, 0.1) is 13.8 Å². The number of hydrogen-bond acceptors (Lipinski definition) is 2. The molecule has 0 aromatic heterocycles. The fourth-order valence-corrected chi connectivity index (χ4v) is 2.08. The highest BCUT2D eigenvalue weighted by Crippen LogP contribution is 2.15. The first-order valence-corrected chi connectivity index (χ1v) is 7.36. The van der Waals surface area contributed by atoms with E-state index in [-0.39, 0.29) is 0 Å². The largest absolute Gasteiger partial charge is 0.378 e. The Bertz CT molecular complexity index is 657. The fraction of sp³-hybridized carbons (Fsp3) is 0.278. The summed E-state index contributed by atoms with van der Waals surface area (Å²) in [6, 6.07) is 14.5. The van der Waals surface area contributed by atoms with Gasteiger partial charge in [0.2, 0.25) is 0 Å². The molecule has 0 aliphatic heterocycles. The van der Waals surface area contributed by atoms with Crippen molar-refractivity contribution in [3.8, 4) is 0 Å². The van der Waals surface area contributed by atoms with Gasteiger partial charge in [0.1, 0.15) is 0 Å². The van der Waals surface area contributed by atoms with Crippen LogP contribution in [0.3, 0.4) is 0 Å². The number of aliphatic imine (C=N–C) groups is 1. The molecule has 4 heteroatoms. The minimum absolute atomic E-state index is 0.430. The van der Waals surface area contributed by atoms with Crippen LogP contribution in [0.15, 0.2) is 47.5 Å². The third-order valence-electron chi connectivity index (χ3n) is 3.66. The van der Waals surface area contributed by atoms with E-state index in [2.05, 4.69) is 65.5 Å². The Morgan fingerprint density at radius 2 is 1.73 bits per heavy atom. The molecule has 22 heavy (non-hydrogen) atoms. The third-order valence-corrected chi connectivity index (χ3v) is 3.66. The molecule has 0 unspecified atom stereocenters. The summed E-state index contributed by atoms with van der Waals surface area (Å²) in [4.78, 5) is 6.46. The van der Waals surface area contributed by atoms with Crippen LogP contribution < -0.4 is 16.0 Å². The highest BCUT2D eigenvalue weighted by atomic mass is 15.1. The van der Waals surface area contributed by atoms with Gasteiger partial charge < -0.3 is 16.0 Å². The maximum Gasteiger partial charge on any atom is 0.193 e. The van der Waals surface area contributed by atoms with Gasteiger partial charge in [-0.25, -0.2) is 4.99 Å². The summed E-state index contributed by atoms with van der Waals surface area (Å²) >= 11 is 0. The Kier molecular flexibility index (Phi) is 5.04. The van der Waals surface area contributed by atoms with Gasteiger partial charge in [0.25, 0.3) is 0 Å². The van der Waals surface area contributed by atoms with Crippen molar-refractivity contribution >= 4 is 17.3 Å². The van der Waals surface area contributed by atoms with Crippen molar-refractivity contribution in [1.82, 2.24) is 0 Å². The fourth-order valence-electron chi connectivity index (χ4n) is 2.08. The van der Waals surface area contributed by atoms with E-state index in [1.165, 1.54) is 16.8 Å². The Balaban J connectivity index is 1.98. The van der Waals surface area contributed by atoms with Crippen molar-refractivity contribution in [3.63, 3.8) is 0 Å². The van der Waals surface area contributed by atoms with Gasteiger partial charge in [-0.3, -0.25) is 0 Å². The molecule has 0 amide bonds. The van der Waals surface area contributed by atoms with Crippen LogP contribution in [0.25, 0.3) is 0 Å². The van der Waals surface area contributed by atoms with Crippen LogP contribution in [-0.4, -0.2) is 20.1 Å². The first-order chi connectivity index (χ1) is 10.5. The molecule has 0 aliphatic carbocycles. The van der Waals surface area contributed by atoms with E-state index >= 15 is 0 Å². The first kappa shape index (κ1) is 15.9. The van der Waals surface area contributed by atoms with Gasteiger partial charge in [0.15, 0.2) is 5.96 Å². The summed E-state index contributed by atoms with van der Waals surface area (Å²) in [5.74, 6) is 0.430. The van der Waals surface area contributed by atoms with Crippen LogP contribution in [0.2, 0.25) is 0 Å². The molecule has 3 N–H and O–H groups in total. The standard InChI is InChI=1S/C18H24N4/c1-13-5-8-16(11-14(13)2)21-18(19)20-12-15-6-9-17(10-7-15)22(3)4/h5-11H,12H2,1-4H3,(H3,19,20,21). The van der Waals surface area contributed by atoms with E-state index < -0.39 is 0 Å². The summed E-state index contributed by atoms with van der Waals surface area (Å²) in [5, 5.41) is 3.13. The van der Waals surface area contributed by atoms with E-state index in [4.69, 9.17) is 5.73 Å². The molecule has 0 aliphatic rings. The lowest BCUT2D eigenvalue weighted by molar-refractivity contribution is 1.05. The van der Waals surface area contributed by atoms with Crippen molar-refractivity contribution in [2.75, 3.05) is 24.3 Å². The molecule has 0 atom stereocenters. The number of nitrogens with zero attached hydrogens (tertiary/aromatic N) is 2. The van der Waals surface area contributed by atoms with Gasteiger partial charge in [-0.15, -0.1) is 0 Å². The zero-order valence-corrected chi connectivity index (χ0v) is 13.7. The number of rotatable bonds is 4. The molecule has 4 nitrogen and oxygen atoms in total. The zero-order chi connectivity index (χ0) is 16.1. The highest BCUT2D eigenvalue weighted by molar-refractivity contribution is 5.92. The van der Waals surface area contributed by atoms with Gasteiger partial charge in [-0.05, 0) is 54.8 Å². The Morgan fingerprint density at radius 1 is 1.05 bits per heavy atom. The van der Waals surface area contributed by atoms with Gasteiger partial charge in [-0.1, -0.05) is 18.2 Å². The molecule has 0 saturated carbocycles. The van der Waals surface area contributed by atoms with Crippen molar-refractivity contribution in [2.24, 2.45) is 10.7 Å². The molecule has 116 valence electrons. The van der Waals surface area contributed by atoms with E-state index in [0.717, 1.165) is 11.3 Å². The van der Waals surface area contributed by atoms with Crippen LogP contribution in [0.5, 0.6) is 0 Å². The summed E-state index contributed by atoms with van der Waals surface area (Å²) in [5.41, 5.74) is 11.7. The van der Waals surface area contributed by atoms with Crippen molar-refractivity contribution in [1.29, 1.82) is 0 Å². The summed E-state index contributed by atoms with van der Waals surface area (Å²) in [7, 11) is 4.05. The predicted molar refractivity (Wildman–Crippen MR) is 95.6 cm³/mol. The second-order valence-corrected chi connectivity index (χ2v) is 5.69. The molecule has 2 rings (SSSR count). The van der Waals surface area contributed by atoms with Crippen molar-refractivity contribution < 1.29 is 0 Å². The first-order valence-electron chi connectivity index (χ1n) is 7.36. The number of hydrogen-bond donors (Lipinski definition) is 2. The lowest BCUT2D eigenvalue weighted by Crippen LogP contribution is -2.22. The lowest BCUT2D eigenvalue weighted by atomic mass is 10.1. The summed E-state index contributed by atoms with van der Waals surface area (Å²) in [6.45, 7) is 4.74. The second-order valence-electron chi connectivity index (χ2n) is 5.69. The number of benzene rings is 2. The normalized spacial score (nSPS) is 11.4. The number of nitrogens with two attached hydrogens (primary N) is 1. The lowest BCUT2D eigenvalue weighted by Gasteiger charge is -2.12. The number of aryl methyl sites for hydroxylation is 2. The molecule has 0 fully saturated rings. The topological polar surface area (TPSA) is 53.6 Å². The van der Waals surface area contributed by atoms with Gasteiger partial charge in [0.05, 0.1) is 6.54 Å².